The molecule has 2 N–H and O–H groups in total. The molecule has 6 nitrogen and oxygen atoms in total. The Morgan fingerprint density at radius 3 is 2.60 bits per heavy atom. The normalized spacial score (nSPS) is 28.1. The van der Waals surface area contributed by atoms with Gasteiger partial charge in [-0.2, -0.15) is 0 Å². The second-order valence-electron chi connectivity index (χ2n) is 5.84. The maximum Gasteiger partial charge on any atom is 0.317 e. The molecule has 2 amide bonds. The van der Waals surface area contributed by atoms with E-state index >= 15 is 0 Å². The Balaban J connectivity index is 1.76. The lowest BCUT2D eigenvalue weighted by Gasteiger charge is -2.36. The number of carboxylic acids is 1. The van der Waals surface area contributed by atoms with Crippen molar-refractivity contribution in [2.45, 2.75) is 38.6 Å². The summed E-state index contributed by atoms with van der Waals surface area (Å²) in [4.78, 5) is 24.9. The molecule has 2 rings (SSSR count). The number of carboxylic acid groups (broad SMARTS) is 1. The topological polar surface area (TPSA) is 78.9 Å². The van der Waals surface area contributed by atoms with Crippen molar-refractivity contribution in [1.82, 2.24) is 10.2 Å². The summed E-state index contributed by atoms with van der Waals surface area (Å²) < 4.78 is 5.30. The molecular weight excluding hydrogens is 260 g/mol. The van der Waals surface area contributed by atoms with Crippen LogP contribution in [-0.2, 0) is 9.53 Å². The Morgan fingerprint density at radius 2 is 2.00 bits per heavy atom. The molecule has 0 saturated carbocycles. The summed E-state index contributed by atoms with van der Waals surface area (Å²) in [5, 5.41) is 12.0. The van der Waals surface area contributed by atoms with Gasteiger partial charge in [-0.15, -0.1) is 0 Å². The van der Waals surface area contributed by atoms with Gasteiger partial charge in [0.25, 0.3) is 0 Å². The van der Waals surface area contributed by atoms with Crippen molar-refractivity contribution in [3.8, 4) is 0 Å². The number of nitrogens with zero attached hydrogens (tertiary/aromatic N) is 1. The number of hydrogen-bond donors (Lipinski definition) is 2. The molecule has 0 bridgehead atoms. The number of nitrogens with one attached hydrogen (secondary N) is 1. The quantitative estimate of drug-likeness (QED) is 0.819. The van der Waals surface area contributed by atoms with Crippen LogP contribution in [0.15, 0.2) is 0 Å². The summed E-state index contributed by atoms with van der Waals surface area (Å²) in [7, 11) is 0. The fraction of sp³-hybridized carbons (Fsp3) is 0.857. The van der Waals surface area contributed by atoms with Crippen LogP contribution < -0.4 is 5.32 Å². The maximum absolute atomic E-state index is 12.2. The monoisotopic (exact) mass is 284 g/mol. The first-order valence-electron chi connectivity index (χ1n) is 7.43. The van der Waals surface area contributed by atoms with Crippen LogP contribution in [0.3, 0.4) is 0 Å². The minimum Gasteiger partial charge on any atom is -0.481 e. The number of rotatable bonds is 3. The second kappa shape index (κ2) is 6.92. The average Bonchev–Trinajstić information content (AvgIpc) is 2.45. The van der Waals surface area contributed by atoms with Crippen LogP contribution in [0.1, 0.15) is 32.6 Å². The molecule has 2 aliphatic heterocycles. The van der Waals surface area contributed by atoms with Crippen molar-refractivity contribution >= 4 is 12.0 Å². The summed E-state index contributed by atoms with van der Waals surface area (Å²) in [5.41, 5.74) is 0. The summed E-state index contributed by atoms with van der Waals surface area (Å²) in [6.45, 7) is 4.69. The fourth-order valence-corrected chi connectivity index (χ4v) is 2.98. The molecule has 20 heavy (non-hydrogen) atoms. The van der Waals surface area contributed by atoms with E-state index in [9.17, 15) is 9.59 Å². The Hall–Kier alpha value is -1.30. The van der Waals surface area contributed by atoms with E-state index < -0.39 is 5.97 Å². The highest BCUT2D eigenvalue weighted by Crippen LogP contribution is 2.23. The van der Waals surface area contributed by atoms with E-state index in [0.29, 0.717) is 31.8 Å². The zero-order valence-corrected chi connectivity index (χ0v) is 12.0. The Morgan fingerprint density at radius 1 is 1.30 bits per heavy atom. The van der Waals surface area contributed by atoms with Crippen molar-refractivity contribution in [2.75, 3.05) is 26.3 Å². The number of urea groups is 1. The first-order valence-corrected chi connectivity index (χ1v) is 7.43. The fourth-order valence-electron chi connectivity index (χ4n) is 2.98. The zero-order chi connectivity index (χ0) is 14.5. The van der Waals surface area contributed by atoms with Crippen molar-refractivity contribution in [2.24, 2.45) is 11.8 Å². The molecule has 2 heterocycles. The molecule has 2 atom stereocenters. The highest BCUT2D eigenvalue weighted by atomic mass is 16.5. The van der Waals surface area contributed by atoms with Gasteiger partial charge in [0.1, 0.15) is 0 Å². The second-order valence-corrected chi connectivity index (χ2v) is 5.84. The van der Waals surface area contributed by atoms with E-state index in [-0.39, 0.29) is 18.0 Å². The van der Waals surface area contributed by atoms with Gasteiger partial charge in [0, 0.05) is 32.3 Å². The van der Waals surface area contributed by atoms with Gasteiger partial charge in [0.15, 0.2) is 0 Å². The predicted molar refractivity (Wildman–Crippen MR) is 73.5 cm³/mol. The number of piperidine rings is 1. The summed E-state index contributed by atoms with van der Waals surface area (Å²) >= 11 is 0. The minimum atomic E-state index is -0.751. The van der Waals surface area contributed by atoms with E-state index in [2.05, 4.69) is 5.32 Å². The average molecular weight is 284 g/mol. The van der Waals surface area contributed by atoms with Crippen LogP contribution in [0, 0.1) is 11.8 Å². The molecule has 0 spiro atoms. The maximum atomic E-state index is 12.2. The molecule has 6 heteroatoms. The van der Waals surface area contributed by atoms with Crippen LogP contribution in [0.25, 0.3) is 0 Å². The Labute approximate surface area is 119 Å². The van der Waals surface area contributed by atoms with Crippen molar-refractivity contribution in [3.63, 3.8) is 0 Å². The van der Waals surface area contributed by atoms with Crippen molar-refractivity contribution in [1.29, 1.82) is 0 Å². The number of amides is 2. The molecule has 0 aromatic rings. The van der Waals surface area contributed by atoms with Crippen LogP contribution in [-0.4, -0.2) is 54.4 Å². The predicted octanol–water partition coefficient (Wildman–Crippen LogP) is 1.31. The molecule has 114 valence electrons. The smallest absolute Gasteiger partial charge is 0.317 e. The molecule has 2 saturated heterocycles. The van der Waals surface area contributed by atoms with Gasteiger partial charge in [0.05, 0.1) is 5.92 Å². The molecule has 2 unspecified atom stereocenters. The summed E-state index contributed by atoms with van der Waals surface area (Å²) in [5.74, 6) is -0.566. The first kappa shape index (κ1) is 15.1. The number of aliphatic carboxylic acids is 1. The number of ether oxygens (including phenoxy) is 1. The van der Waals surface area contributed by atoms with Gasteiger partial charge >= 0.3 is 12.0 Å². The third kappa shape index (κ3) is 3.85. The van der Waals surface area contributed by atoms with E-state index in [4.69, 9.17) is 9.84 Å². The van der Waals surface area contributed by atoms with Crippen LogP contribution in [0.2, 0.25) is 0 Å². The number of hydrogen-bond acceptors (Lipinski definition) is 3. The van der Waals surface area contributed by atoms with E-state index in [1.54, 1.807) is 4.90 Å². The van der Waals surface area contributed by atoms with Crippen LogP contribution in [0.4, 0.5) is 4.79 Å². The van der Waals surface area contributed by atoms with Gasteiger partial charge in [-0.3, -0.25) is 4.79 Å². The van der Waals surface area contributed by atoms with E-state index in [1.807, 2.05) is 6.92 Å². The molecule has 0 aromatic heterocycles. The summed E-state index contributed by atoms with van der Waals surface area (Å²) in [6.07, 6.45) is 3.08. The van der Waals surface area contributed by atoms with Crippen LogP contribution in [0.5, 0.6) is 0 Å². The third-order valence-electron chi connectivity index (χ3n) is 4.37. The summed E-state index contributed by atoms with van der Waals surface area (Å²) in [6, 6.07) is -0.0765. The van der Waals surface area contributed by atoms with Gasteiger partial charge < -0.3 is 20.1 Å². The van der Waals surface area contributed by atoms with Crippen molar-refractivity contribution in [3.05, 3.63) is 0 Å². The Kier molecular flexibility index (Phi) is 5.23. The SMILES string of the molecule is CC1CC(C(=O)O)CCN1C(=O)NCC1CCOCC1. The van der Waals surface area contributed by atoms with Gasteiger partial charge in [0.2, 0.25) is 0 Å². The van der Waals surface area contributed by atoms with Crippen molar-refractivity contribution < 1.29 is 19.4 Å². The third-order valence-corrected chi connectivity index (χ3v) is 4.37. The molecule has 0 radical (unpaired) electrons. The van der Waals surface area contributed by atoms with E-state index in [0.717, 1.165) is 26.1 Å². The van der Waals surface area contributed by atoms with Crippen LogP contribution >= 0.6 is 0 Å². The molecular formula is C14H24N2O4. The molecule has 0 aromatic carbocycles. The number of carbonyl (C=O) groups is 2. The largest absolute Gasteiger partial charge is 0.481 e. The number of likely N-dealkylation sites (tertiary alicyclic amines) is 1. The lowest BCUT2D eigenvalue weighted by Crippen LogP contribution is -2.51. The number of carbonyl (C=O) groups excluding carboxylic acids is 1. The molecule has 0 aliphatic carbocycles. The lowest BCUT2D eigenvalue weighted by molar-refractivity contribution is -0.143. The van der Waals surface area contributed by atoms with Gasteiger partial charge in [-0.1, -0.05) is 0 Å². The minimum absolute atomic E-state index is 0.0143. The van der Waals surface area contributed by atoms with Gasteiger partial charge in [-0.05, 0) is 38.5 Å². The highest BCUT2D eigenvalue weighted by Gasteiger charge is 2.32. The van der Waals surface area contributed by atoms with Gasteiger partial charge in [-0.25, -0.2) is 4.79 Å². The molecule has 2 aliphatic rings. The molecule has 2 fully saturated rings. The highest BCUT2D eigenvalue weighted by molar-refractivity contribution is 5.75. The Bertz CT molecular complexity index is 355. The first-order chi connectivity index (χ1) is 9.58. The zero-order valence-electron chi connectivity index (χ0n) is 12.0. The van der Waals surface area contributed by atoms with E-state index in [1.165, 1.54) is 0 Å². The lowest BCUT2D eigenvalue weighted by atomic mass is 9.92. The standard InChI is InChI=1S/C14H24N2O4/c1-10-8-12(13(17)18)2-5-16(10)14(19)15-9-11-3-6-20-7-4-11/h10-12H,2-9H2,1H3,(H,15,19)(H,17,18).